The molecule has 5 nitrogen and oxygen atoms in total. The molecule has 0 saturated heterocycles. The Morgan fingerprint density at radius 3 is 2.10 bits per heavy atom. The Balaban J connectivity index is 1.45. The molecule has 5 heteroatoms. The largest absolute Gasteiger partial charge is 0.351 e. The summed E-state index contributed by atoms with van der Waals surface area (Å²) >= 11 is 0. The van der Waals surface area contributed by atoms with Crippen molar-refractivity contribution in [3.05, 3.63) is 0 Å². The molecule has 3 amide bonds. The molecular weight excluding hydrogens is 254 g/mol. The molecule has 3 aliphatic carbocycles. The van der Waals surface area contributed by atoms with Gasteiger partial charge in [-0.05, 0) is 44.4 Å². The molecule has 3 aliphatic rings. The Morgan fingerprint density at radius 2 is 1.50 bits per heavy atom. The van der Waals surface area contributed by atoms with Crippen molar-refractivity contribution in [3.8, 4) is 0 Å². The van der Waals surface area contributed by atoms with E-state index in [2.05, 4.69) is 16.0 Å². The first-order valence-electron chi connectivity index (χ1n) is 8.07. The van der Waals surface area contributed by atoms with Gasteiger partial charge in [-0.1, -0.05) is 12.8 Å². The van der Waals surface area contributed by atoms with E-state index in [0.29, 0.717) is 5.92 Å². The van der Waals surface area contributed by atoms with Crippen LogP contribution in [0.3, 0.4) is 0 Å². The van der Waals surface area contributed by atoms with Crippen LogP contribution in [0.5, 0.6) is 0 Å². The quantitative estimate of drug-likeness (QED) is 0.714. The molecule has 0 aliphatic heterocycles. The Morgan fingerprint density at radius 1 is 0.850 bits per heavy atom. The molecule has 0 bridgehead atoms. The normalized spacial score (nSPS) is 29.6. The highest BCUT2D eigenvalue weighted by Gasteiger charge is 2.34. The maximum atomic E-state index is 11.9. The molecule has 0 aromatic heterocycles. The lowest BCUT2D eigenvalue weighted by Crippen LogP contribution is -2.55. The lowest BCUT2D eigenvalue weighted by atomic mass is 9.90. The molecule has 0 radical (unpaired) electrons. The maximum absolute atomic E-state index is 11.9. The number of carbonyl (C=O) groups is 2. The molecule has 0 aromatic rings. The first-order valence-corrected chi connectivity index (χ1v) is 8.07. The minimum atomic E-state index is -0.0746. The highest BCUT2D eigenvalue weighted by Crippen LogP contribution is 2.30. The van der Waals surface area contributed by atoms with Gasteiger partial charge in [0.1, 0.15) is 0 Å². The van der Waals surface area contributed by atoms with E-state index in [9.17, 15) is 9.59 Å². The molecule has 2 atom stereocenters. The fourth-order valence-electron chi connectivity index (χ4n) is 2.90. The van der Waals surface area contributed by atoms with Gasteiger partial charge in [-0.2, -0.15) is 0 Å². The molecule has 3 saturated carbocycles. The van der Waals surface area contributed by atoms with Crippen molar-refractivity contribution in [2.45, 2.75) is 63.5 Å². The van der Waals surface area contributed by atoms with Crippen LogP contribution in [-0.2, 0) is 4.79 Å². The zero-order valence-corrected chi connectivity index (χ0v) is 12.0. The van der Waals surface area contributed by atoms with E-state index in [1.54, 1.807) is 0 Å². The fourth-order valence-corrected chi connectivity index (χ4v) is 2.90. The zero-order chi connectivity index (χ0) is 13.9. The predicted octanol–water partition coefficient (Wildman–Crippen LogP) is 1.53. The van der Waals surface area contributed by atoms with Crippen molar-refractivity contribution in [2.75, 3.05) is 6.54 Å². The average molecular weight is 279 g/mol. The molecular formula is C15H25N3O2. The number of nitrogens with one attached hydrogen (secondary N) is 3. The van der Waals surface area contributed by atoms with Crippen LogP contribution in [0.1, 0.15) is 51.4 Å². The van der Waals surface area contributed by atoms with Crippen molar-refractivity contribution in [1.82, 2.24) is 16.0 Å². The predicted molar refractivity (Wildman–Crippen MR) is 76.2 cm³/mol. The van der Waals surface area contributed by atoms with E-state index < -0.39 is 0 Å². The van der Waals surface area contributed by atoms with Crippen LogP contribution in [-0.4, -0.2) is 30.6 Å². The summed E-state index contributed by atoms with van der Waals surface area (Å²) in [4.78, 5) is 23.8. The third-order valence-corrected chi connectivity index (χ3v) is 4.61. The van der Waals surface area contributed by atoms with E-state index in [4.69, 9.17) is 0 Å². The second-order valence-electron chi connectivity index (χ2n) is 6.58. The summed E-state index contributed by atoms with van der Waals surface area (Å²) < 4.78 is 0. The van der Waals surface area contributed by atoms with Crippen molar-refractivity contribution in [1.29, 1.82) is 0 Å². The fraction of sp³-hybridized carbons (Fsp3) is 0.867. The highest BCUT2D eigenvalue weighted by atomic mass is 16.2. The molecule has 112 valence electrons. The number of rotatable bonds is 5. The molecule has 2 unspecified atom stereocenters. The molecule has 20 heavy (non-hydrogen) atoms. The monoisotopic (exact) mass is 279 g/mol. The van der Waals surface area contributed by atoms with Gasteiger partial charge in [-0.25, -0.2) is 4.79 Å². The molecule has 3 rings (SSSR count). The van der Waals surface area contributed by atoms with Gasteiger partial charge >= 0.3 is 6.03 Å². The molecule has 0 spiro atoms. The van der Waals surface area contributed by atoms with E-state index in [-0.39, 0.29) is 29.9 Å². The molecule has 0 heterocycles. The first-order chi connectivity index (χ1) is 9.72. The Labute approximate surface area is 120 Å². The van der Waals surface area contributed by atoms with Crippen molar-refractivity contribution in [2.24, 2.45) is 11.8 Å². The van der Waals surface area contributed by atoms with Gasteiger partial charge in [0.25, 0.3) is 0 Å². The lowest BCUT2D eigenvalue weighted by Gasteiger charge is -2.32. The van der Waals surface area contributed by atoms with E-state index >= 15 is 0 Å². The van der Waals surface area contributed by atoms with Gasteiger partial charge in [0.15, 0.2) is 0 Å². The first kappa shape index (κ1) is 13.7. The number of carbonyl (C=O) groups excluding carboxylic acids is 2. The van der Waals surface area contributed by atoms with Gasteiger partial charge in [0, 0.05) is 18.5 Å². The van der Waals surface area contributed by atoms with Crippen LogP contribution in [0, 0.1) is 11.8 Å². The standard InChI is InChI=1S/C15H25N3O2/c19-14(11-7-8-11)17-12-3-1-2-4-13(12)18-15(20)16-9-10-5-6-10/h10-13H,1-9H2,(H,17,19)(H2,16,18,20). The number of hydrogen-bond acceptors (Lipinski definition) is 2. The molecule has 3 fully saturated rings. The Bertz CT molecular complexity index is 377. The number of amides is 3. The van der Waals surface area contributed by atoms with Gasteiger partial charge in [0.05, 0.1) is 6.04 Å². The summed E-state index contributed by atoms with van der Waals surface area (Å²) in [5.74, 6) is 1.11. The highest BCUT2D eigenvalue weighted by molar-refractivity contribution is 5.81. The van der Waals surface area contributed by atoms with Crippen LogP contribution in [0.15, 0.2) is 0 Å². The topological polar surface area (TPSA) is 70.2 Å². The van der Waals surface area contributed by atoms with Crippen LogP contribution in [0.25, 0.3) is 0 Å². The van der Waals surface area contributed by atoms with Crippen LogP contribution in [0.4, 0.5) is 4.79 Å². The van der Waals surface area contributed by atoms with Crippen LogP contribution < -0.4 is 16.0 Å². The van der Waals surface area contributed by atoms with Crippen molar-refractivity contribution >= 4 is 11.9 Å². The van der Waals surface area contributed by atoms with Crippen LogP contribution in [0.2, 0.25) is 0 Å². The molecule has 0 aromatic carbocycles. The summed E-state index contributed by atoms with van der Waals surface area (Å²) in [6, 6.07) is 0.128. The maximum Gasteiger partial charge on any atom is 0.315 e. The van der Waals surface area contributed by atoms with Gasteiger partial charge < -0.3 is 16.0 Å². The second-order valence-corrected chi connectivity index (χ2v) is 6.58. The summed E-state index contributed by atoms with van der Waals surface area (Å²) in [5, 5.41) is 9.12. The van der Waals surface area contributed by atoms with Gasteiger partial charge in [-0.3, -0.25) is 4.79 Å². The van der Waals surface area contributed by atoms with E-state index in [1.807, 2.05) is 0 Å². The zero-order valence-electron chi connectivity index (χ0n) is 12.0. The van der Waals surface area contributed by atoms with Crippen molar-refractivity contribution < 1.29 is 9.59 Å². The minimum absolute atomic E-state index is 0.0746. The second kappa shape index (κ2) is 6.02. The van der Waals surface area contributed by atoms with E-state index in [0.717, 1.165) is 45.1 Å². The third-order valence-electron chi connectivity index (χ3n) is 4.61. The van der Waals surface area contributed by atoms with Crippen molar-refractivity contribution in [3.63, 3.8) is 0 Å². The van der Waals surface area contributed by atoms with Gasteiger partial charge in [-0.15, -0.1) is 0 Å². The Kier molecular flexibility index (Phi) is 4.13. The summed E-state index contributed by atoms with van der Waals surface area (Å²) in [7, 11) is 0. The third kappa shape index (κ3) is 3.87. The summed E-state index contributed by atoms with van der Waals surface area (Å²) in [5.41, 5.74) is 0. The number of hydrogen-bond donors (Lipinski definition) is 3. The molecule has 3 N–H and O–H groups in total. The Hall–Kier alpha value is -1.26. The van der Waals surface area contributed by atoms with Crippen LogP contribution >= 0.6 is 0 Å². The SMILES string of the molecule is O=C(NCC1CC1)NC1CCCCC1NC(=O)C1CC1. The lowest BCUT2D eigenvalue weighted by molar-refractivity contribution is -0.123. The average Bonchev–Trinajstić information content (AvgIpc) is 3.29. The number of urea groups is 1. The minimum Gasteiger partial charge on any atom is -0.351 e. The summed E-state index contributed by atoms with van der Waals surface area (Å²) in [6.45, 7) is 0.789. The summed E-state index contributed by atoms with van der Waals surface area (Å²) in [6.07, 6.45) is 8.74. The smallest absolute Gasteiger partial charge is 0.315 e. The van der Waals surface area contributed by atoms with E-state index in [1.165, 1.54) is 12.8 Å². The van der Waals surface area contributed by atoms with Gasteiger partial charge in [0.2, 0.25) is 5.91 Å².